The van der Waals surface area contributed by atoms with E-state index >= 15 is 0 Å². The average Bonchev–Trinajstić information content (AvgIpc) is 2.09. The number of nitrogens with one attached hydrogen (secondary N) is 2. The van der Waals surface area contributed by atoms with Crippen molar-refractivity contribution in [3.8, 4) is 0 Å². The maximum absolute atomic E-state index is 13.4. The molecule has 0 saturated heterocycles. The van der Waals surface area contributed by atoms with E-state index in [9.17, 15) is 13.6 Å². The molecule has 6 heteroatoms. The first kappa shape index (κ1) is 15.1. The molecule has 2 N–H and O–H groups in total. The third-order valence-electron chi connectivity index (χ3n) is 2.64. The number of halogens is 2. The van der Waals surface area contributed by atoms with Gasteiger partial charge in [-0.3, -0.25) is 0 Å². The van der Waals surface area contributed by atoms with Crippen molar-refractivity contribution < 1.29 is 18.3 Å². The summed E-state index contributed by atoms with van der Waals surface area (Å²) in [7, 11) is 0. The van der Waals surface area contributed by atoms with Gasteiger partial charge in [-0.15, -0.1) is 0 Å². The Hall–Kier alpha value is -0.910. The lowest BCUT2D eigenvalue weighted by Gasteiger charge is -2.29. The predicted molar refractivity (Wildman–Crippen MR) is 64.8 cm³/mol. The Labute approximate surface area is 106 Å². The SMILES string of the molecule is CC(C)(C)OC(=O)NCC(F)(F)CNC1CCC1. The maximum atomic E-state index is 13.4. The van der Waals surface area contributed by atoms with Gasteiger partial charge in [0.15, 0.2) is 0 Å². The van der Waals surface area contributed by atoms with E-state index in [1.165, 1.54) is 0 Å². The first-order chi connectivity index (χ1) is 8.18. The zero-order valence-corrected chi connectivity index (χ0v) is 11.2. The third-order valence-corrected chi connectivity index (χ3v) is 2.64. The van der Waals surface area contributed by atoms with Gasteiger partial charge in [0.1, 0.15) is 5.60 Å². The van der Waals surface area contributed by atoms with Crippen LogP contribution >= 0.6 is 0 Å². The highest BCUT2D eigenvalue weighted by atomic mass is 19.3. The van der Waals surface area contributed by atoms with Crippen LogP contribution in [0.25, 0.3) is 0 Å². The fourth-order valence-corrected chi connectivity index (χ4v) is 1.48. The normalized spacial score (nSPS) is 17.2. The lowest BCUT2D eigenvalue weighted by molar-refractivity contribution is -0.00751. The van der Waals surface area contributed by atoms with Gasteiger partial charge in [-0.05, 0) is 33.6 Å². The van der Waals surface area contributed by atoms with Crippen molar-refractivity contribution in [3.63, 3.8) is 0 Å². The highest BCUT2D eigenvalue weighted by molar-refractivity contribution is 5.67. The number of hydrogen-bond acceptors (Lipinski definition) is 3. The Bertz CT molecular complexity index is 286. The molecule has 0 aliphatic heterocycles. The summed E-state index contributed by atoms with van der Waals surface area (Å²) >= 11 is 0. The van der Waals surface area contributed by atoms with Gasteiger partial charge in [-0.25, -0.2) is 13.6 Å². The van der Waals surface area contributed by atoms with Crippen LogP contribution in [0.5, 0.6) is 0 Å². The number of ether oxygens (including phenoxy) is 1. The lowest BCUT2D eigenvalue weighted by atomic mass is 9.93. The van der Waals surface area contributed by atoms with Crippen LogP contribution in [0, 0.1) is 0 Å². The van der Waals surface area contributed by atoms with Gasteiger partial charge < -0.3 is 15.4 Å². The molecule has 0 radical (unpaired) electrons. The van der Waals surface area contributed by atoms with E-state index in [0.717, 1.165) is 19.3 Å². The lowest BCUT2D eigenvalue weighted by Crippen LogP contribution is -2.48. The zero-order chi connectivity index (χ0) is 13.8. The largest absolute Gasteiger partial charge is 0.444 e. The van der Waals surface area contributed by atoms with E-state index in [1.807, 2.05) is 0 Å². The number of alkyl halides is 2. The summed E-state index contributed by atoms with van der Waals surface area (Å²) in [4.78, 5) is 11.2. The average molecular weight is 264 g/mol. The highest BCUT2D eigenvalue weighted by Crippen LogP contribution is 2.20. The second-order valence-electron chi connectivity index (χ2n) is 5.72. The van der Waals surface area contributed by atoms with Crippen LogP contribution in [0.1, 0.15) is 40.0 Å². The highest BCUT2D eigenvalue weighted by Gasteiger charge is 2.32. The molecule has 106 valence electrons. The molecule has 4 nitrogen and oxygen atoms in total. The molecular weight excluding hydrogens is 242 g/mol. The van der Waals surface area contributed by atoms with Crippen molar-refractivity contribution in [2.75, 3.05) is 13.1 Å². The van der Waals surface area contributed by atoms with Crippen LogP contribution in [0.15, 0.2) is 0 Å². The molecule has 18 heavy (non-hydrogen) atoms. The van der Waals surface area contributed by atoms with Gasteiger partial charge in [0, 0.05) is 6.04 Å². The molecular formula is C12H22F2N2O2. The fraction of sp³-hybridized carbons (Fsp3) is 0.917. The van der Waals surface area contributed by atoms with Gasteiger partial charge in [0.25, 0.3) is 5.92 Å². The van der Waals surface area contributed by atoms with E-state index in [4.69, 9.17) is 4.74 Å². The number of carbonyl (C=O) groups excluding carboxylic acids is 1. The minimum absolute atomic E-state index is 0.206. The molecule has 0 atom stereocenters. The number of rotatable bonds is 5. The number of amides is 1. The molecule has 0 spiro atoms. The Morgan fingerprint density at radius 1 is 1.28 bits per heavy atom. The molecule has 1 aliphatic rings. The van der Waals surface area contributed by atoms with Crippen LogP contribution in [-0.4, -0.2) is 36.7 Å². The van der Waals surface area contributed by atoms with Gasteiger partial charge in [0.2, 0.25) is 0 Å². The van der Waals surface area contributed by atoms with E-state index in [-0.39, 0.29) is 6.04 Å². The molecule has 0 aromatic carbocycles. The second-order valence-corrected chi connectivity index (χ2v) is 5.72. The van der Waals surface area contributed by atoms with Gasteiger partial charge in [0.05, 0.1) is 13.1 Å². The standard InChI is InChI=1S/C12H22F2N2O2/c1-11(2,3)18-10(17)16-8-12(13,14)7-15-9-5-4-6-9/h9,15H,4-8H2,1-3H3,(H,16,17). The van der Waals surface area contributed by atoms with Crippen molar-refractivity contribution in [1.82, 2.24) is 10.6 Å². The van der Waals surface area contributed by atoms with Gasteiger partial charge in [-0.1, -0.05) is 6.42 Å². The Kier molecular flexibility index (Phi) is 4.90. The van der Waals surface area contributed by atoms with Gasteiger partial charge in [-0.2, -0.15) is 0 Å². The molecule has 1 aliphatic carbocycles. The number of hydrogen-bond donors (Lipinski definition) is 2. The quantitative estimate of drug-likeness (QED) is 0.801. The monoisotopic (exact) mass is 264 g/mol. The number of alkyl carbamates (subject to hydrolysis) is 1. The van der Waals surface area contributed by atoms with E-state index in [2.05, 4.69) is 10.6 Å². The maximum Gasteiger partial charge on any atom is 0.407 e. The first-order valence-corrected chi connectivity index (χ1v) is 6.26. The van der Waals surface area contributed by atoms with E-state index in [0.29, 0.717) is 0 Å². The molecule has 1 amide bonds. The Balaban J connectivity index is 2.20. The van der Waals surface area contributed by atoms with E-state index in [1.54, 1.807) is 20.8 Å². The van der Waals surface area contributed by atoms with Crippen molar-refractivity contribution >= 4 is 6.09 Å². The Morgan fingerprint density at radius 2 is 1.89 bits per heavy atom. The minimum Gasteiger partial charge on any atom is -0.444 e. The topological polar surface area (TPSA) is 50.4 Å². The van der Waals surface area contributed by atoms with Crippen molar-refractivity contribution in [1.29, 1.82) is 0 Å². The summed E-state index contributed by atoms with van der Waals surface area (Å²) < 4.78 is 31.7. The fourth-order valence-electron chi connectivity index (χ4n) is 1.48. The molecule has 0 aromatic heterocycles. The van der Waals surface area contributed by atoms with Crippen LogP contribution < -0.4 is 10.6 Å². The molecule has 0 heterocycles. The summed E-state index contributed by atoms with van der Waals surface area (Å²) in [5.74, 6) is -2.95. The zero-order valence-electron chi connectivity index (χ0n) is 11.2. The summed E-state index contributed by atoms with van der Waals surface area (Å²) in [6, 6.07) is 0.206. The predicted octanol–water partition coefficient (Wildman–Crippen LogP) is 2.29. The first-order valence-electron chi connectivity index (χ1n) is 6.26. The molecule has 0 aromatic rings. The molecule has 1 fully saturated rings. The summed E-state index contributed by atoms with van der Waals surface area (Å²) in [5, 5.41) is 4.88. The van der Waals surface area contributed by atoms with Crippen LogP contribution in [-0.2, 0) is 4.74 Å². The number of carbonyl (C=O) groups is 1. The molecule has 0 bridgehead atoms. The Morgan fingerprint density at radius 3 is 2.33 bits per heavy atom. The summed E-state index contributed by atoms with van der Waals surface area (Å²) in [6.07, 6.45) is 2.19. The second kappa shape index (κ2) is 5.82. The smallest absolute Gasteiger partial charge is 0.407 e. The van der Waals surface area contributed by atoms with Gasteiger partial charge >= 0.3 is 6.09 Å². The van der Waals surface area contributed by atoms with Crippen LogP contribution in [0.3, 0.4) is 0 Å². The van der Waals surface area contributed by atoms with E-state index < -0.39 is 30.7 Å². The van der Waals surface area contributed by atoms with Crippen molar-refractivity contribution in [2.24, 2.45) is 0 Å². The third kappa shape index (κ3) is 6.14. The summed E-state index contributed by atoms with van der Waals surface area (Å²) in [5.41, 5.74) is -0.677. The van der Waals surface area contributed by atoms with Crippen molar-refractivity contribution in [2.45, 2.75) is 57.6 Å². The summed E-state index contributed by atoms with van der Waals surface area (Å²) in [6.45, 7) is 3.93. The molecule has 0 unspecified atom stereocenters. The van der Waals surface area contributed by atoms with Crippen molar-refractivity contribution in [3.05, 3.63) is 0 Å². The molecule has 1 saturated carbocycles. The minimum atomic E-state index is -2.95. The molecule has 1 rings (SSSR count). The van der Waals surface area contributed by atoms with Crippen LogP contribution in [0.2, 0.25) is 0 Å². The van der Waals surface area contributed by atoms with Crippen LogP contribution in [0.4, 0.5) is 13.6 Å².